The minimum absolute atomic E-state index is 0.233. The molecule has 0 aliphatic carbocycles. The van der Waals surface area contributed by atoms with Crippen LogP contribution in [-0.4, -0.2) is 47.9 Å². The number of hydrogen-bond acceptors (Lipinski definition) is 4. The SMILES string of the molecule is O=C1C=C(c2ccccc2)C(=O)N1Cc1ccc(CN2CCOCC2)cc1. The molecular weight excluding hydrogens is 340 g/mol. The summed E-state index contributed by atoms with van der Waals surface area (Å²) >= 11 is 0. The Morgan fingerprint density at radius 3 is 2.11 bits per heavy atom. The van der Waals surface area contributed by atoms with Crippen LogP contribution in [0, 0.1) is 0 Å². The standard InChI is InChI=1S/C22H22N2O3/c25-21-14-20(19-4-2-1-3-5-19)22(26)24(21)16-18-8-6-17(7-9-18)15-23-10-12-27-13-11-23/h1-9,14H,10-13,15-16H2. The highest BCUT2D eigenvalue weighted by Gasteiger charge is 2.31. The number of nitrogens with zero attached hydrogens (tertiary/aromatic N) is 2. The van der Waals surface area contributed by atoms with Crippen molar-refractivity contribution in [3.63, 3.8) is 0 Å². The van der Waals surface area contributed by atoms with Gasteiger partial charge in [-0.05, 0) is 16.7 Å². The maximum absolute atomic E-state index is 12.7. The van der Waals surface area contributed by atoms with Crippen molar-refractivity contribution in [3.05, 3.63) is 77.4 Å². The molecule has 0 N–H and O–H groups in total. The summed E-state index contributed by atoms with van der Waals surface area (Å²) in [6.07, 6.45) is 1.43. The number of imide groups is 1. The molecule has 2 aliphatic heterocycles. The second kappa shape index (κ2) is 7.86. The summed E-state index contributed by atoms with van der Waals surface area (Å²) in [4.78, 5) is 28.6. The maximum Gasteiger partial charge on any atom is 0.261 e. The zero-order valence-electron chi connectivity index (χ0n) is 15.1. The fraction of sp³-hybridized carbons (Fsp3) is 0.273. The summed E-state index contributed by atoms with van der Waals surface area (Å²) in [5.41, 5.74) is 3.41. The lowest BCUT2D eigenvalue weighted by Gasteiger charge is -2.26. The predicted octanol–water partition coefficient (Wildman–Crippen LogP) is 2.47. The van der Waals surface area contributed by atoms with Crippen LogP contribution < -0.4 is 0 Å². The summed E-state index contributed by atoms with van der Waals surface area (Å²) in [6, 6.07) is 17.5. The molecule has 5 nitrogen and oxygen atoms in total. The first-order valence-corrected chi connectivity index (χ1v) is 9.21. The zero-order chi connectivity index (χ0) is 18.6. The van der Waals surface area contributed by atoms with Crippen LogP contribution in [0.5, 0.6) is 0 Å². The Morgan fingerprint density at radius 2 is 1.44 bits per heavy atom. The average molecular weight is 362 g/mol. The lowest BCUT2D eigenvalue weighted by atomic mass is 10.1. The van der Waals surface area contributed by atoms with E-state index in [4.69, 9.17) is 4.74 Å². The topological polar surface area (TPSA) is 49.9 Å². The van der Waals surface area contributed by atoms with Gasteiger partial charge in [0, 0.05) is 25.7 Å². The molecule has 4 rings (SSSR count). The number of ether oxygens (including phenoxy) is 1. The summed E-state index contributed by atoms with van der Waals surface area (Å²) < 4.78 is 5.38. The van der Waals surface area contributed by atoms with Crippen molar-refractivity contribution in [1.82, 2.24) is 9.80 Å². The molecule has 2 amide bonds. The minimum atomic E-state index is -0.253. The maximum atomic E-state index is 12.7. The van der Waals surface area contributed by atoms with Gasteiger partial charge in [0.2, 0.25) is 0 Å². The van der Waals surface area contributed by atoms with E-state index in [0.29, 0.717) is 12.1 Å². The Hall–Kier alpha value is -2.76. The number of carbonyl (C=O) groups is 2. The number of hydrogen-bond donors (Lipinski definition) is 0. The molecule has 2 heterocycles. The lowest BCUT2D eigenvalue weighted by Crippen LogP contribution is -2.35. The van der Waals surface area contributed by atoms with Crippen LogP contribution in [0.2, 0.25) is 0 Å². The van der Waals surface area contributed by atoms with E-state index in [-0.39, 0.29) is 11.8 Å². The molecule has 0 bridgehead atoms. The first-order chi connectivity index (χ1) is 13.2. The van der Waals surface area contributed by atoms with E-state index in [1.54, 1.807) is 0 Å². The van der Waals surface area contributed by atoms with Crippen molar-refractivity contribution in [2.24, 2.45) is 0 Å². The molecule has 0 atom stereocenters. The van der Waals surface area contributed by atoms with Gasteiger partial charge in [-0.1, -0.05) is 54.6 Å². The molecular formula is C22H22N2O3. The number of amides is 2. The van der Waals surface area contributed by atoms with Crippen LogP contribution >= 0.6 is 0 Å². The summed E-state index contributed by atoms with van der Waals surface area (Å²) in [5, 5.41) is 0. The Morgan fingerprint density at radius 1 is 0.815 bits per heavy atom. The molecule has 2 aromatic carbocycles. The van der Waals surface area contributed by atoms with Crippen LogP contribution in [-0.2, 0) is 27.4 Å². The third-order valence-corrected chi connectivity index (χ3v) is 4.97. The Balaban J connectivity index is 1.40. The number of rotatable bonds is 5. The van der Waals surface area contributed by atoms with Gasteiger partial charge in [0.25, 0.3) is 11.8 Å². The van der Waals surface area contributed by atoms with E-state index in [1.807, 2.05) is 42.5 Å². The Kier molecular flexibility index (Phi) is 5.14. The molecule has 0 radical (unpaired) electrons. The lowest BCUT2D eigenvalue weighted by molar-refractivity contribution is -0.137. The van der Waals surface area contributed by atoms with Crippen LogP contribution in [0.25, 0.3) is 5.57 Å². The molecule has 5 heteroatoms. The van der Waals surface area contributed by atoms with Crippen molar-refractivity contribution in [2.45, 2.75) is 13.1 Å². The fourth-order valence-electron chi connectivity index (χ4n) is 3.43. The smallest absolute Gasteiger partial charge is 0.261 e. The quantitative estimate of drug-likeness (QED) is 0.767. The third-order valence-electron chi connectivity index (χ3n) is 4.97. The van der Waals surface area contributed by atoms with Crippen LogP contribution in [0.15, 0.2) is 60.7 Å². The van der Waals surface area contributed by atoms with E-state index >= 15 is 0 Å². The summed E-state index contributed by atoms with van der Waals surface area (Å²) in [5.74, 6) is -0.486. The van der Waals surface area contributed by atoms with Crippen LogP contribution in [0.3, 0.4) is 0 Å². The fourth-order valence-corrected chi connectivity index (χ4v) is 3.43. The van der Waals surface area contributed by atoms with Gasteiger partial charge in [0.15, 0.2) is 0 Å². The Labute approximate surface area is 158 Å². The average Bonchev–Trinajstić information content (AvgIpc) is 2.99. The third kappa shape index (κ3) is 3.99. The van der Waals surface area contributed by atoms with Gasteiger partial charge in [-0.15, -0.1) is 0 Å². The molecule has 2 aromatic rings. The highest BCUT2D eigenvalue weighted by molar-refractivity contribution is 6.33. The molecule has 0 unspecified atom stereocenters. The normalized spacial score (nSPS) is 18.1. The van der Waals surface area contributed by atoms with E-state index in [9.17, 15) is 9.59 Å². The molecule has 0 spiro atoms. The van der Waals surface area contributed by atoms with E-state index in [0.717, 1.165) is 44.0 Å². The predicted molar refractivity (Wildman–Crippen MR) is 103 cm³/mol. The van der Waals surface area contributed by atoms with Gasteiger partial charge in [0.1, 0.15) is 0 Å². The van der Waals surface area contributed by atoms with Crippen LogP contribution in [0.4, 0.5) is 0 Å². The molecule has 2 aliphatic rings. The van der Waals surface area contributed by atoms with Gasteiger partial charge in [-0.25, -0.2) is 0 Å². The second-order valence-corrected chi connectivity index (χ2v) is 6.86. The van der Waals surface area contributed by atoms with E-state index in [1.165, 1.54) is 16.5 Å². The van der Waals surface area contributed by atoms with Gasteiger partial charge < -0.3 is 4.74 Å². The van der Waals surface area contributed by atoms with Crippen molar-refractivity contribution in [2.75, 3.05) is 26.3 Å². The first kappa shape index (κ1) is 17.6. The second-order valence-electron chi connectivity index (χ2n) is 6.86. The molecule has 1 saturated heterocycles. The molecule has 0 saturated carbocycles. The van der Waals surface area contributed by atoms with Gasteiger partial charge >= 0.3 is 0 Å². The number of morpholine rings is 1. The summed E-state index contributed by atoms with van der Waals surface area (Å²) in [6.45, 7) is 4.66. The zero-order valence-corrected chi connectivity index (χ0v) is 15.1. The molecule has 1 fully saturated rings. The molecule has 27 heavy (non-hydrogen) atoms. The molecule has 0 aromatic heterocycles. The van der Waals surface area contributed by atoms with E-state index in [2.05, 4.69) is 17.0 Å². The van der Waals surface area contributed by atoms with Gasteiger partial charge in [-0.3, -0.25) is 19.4 Å². The molecule has 138 valence electrons. The summed E-state index contributed by atoms with van der Waals surface area (Å²) in [7, 11) is 0. The highest BCUT2D eigenvalue weighted by atomic mass is 16.5. The van der Waals surface area contributed by atoms with Crippen molar-refractivity contribution >= 4 is 17.4 Å². The van der Waals surface area contributed by atoms with E-state index < -0.39 is 0 Å². The van der Waals surface area contributed by atoms with Crippen molar-refractivity contribution in [1.29, 1.82) is 0 Å². The largest absolute Gasteiger partial charge is 0.379 e. The number of benzene rings is 2. The van der Waals surface area contributed by atoms with Gasteiger partial charge in [0.05, 0.1) is 25.3 Å². The first-order valence-electron chi connectivity index (χ1n) is 9.21. The van der Waals surface area contributed by atoms with Crippen molar-refractivity contribution in [3.8, 4) is 0 Å². The monoisotopic (exact) mass is 362 g/mol. The highest BCUT2D eigenvalue weighted by Crippen LogP contribution is 2.24. The Bertz CT molecular complexity index is 853. The van der Waals surface area contributed by atoms with Gasteiger partial charge in [-0.2, -0.15) is 0 Å². The van der Waals surface area contributed by atoms with Crippen molar-refractivity contribution < 1.29 is 14.3 Å². The van der Waals surface area contributed by atoms with Crippen LogP contribution in [0.1, 0.15) is 16.7 Å². The number of carbonyl (C=O) groups excluding carboxylic acids is 2. The minimum Gasteiger partial charge on any atom is -0.379 e.